The molecule has 0 atom stereocenters. The monoisotopic (exact) mass is 139 g/mol. The molecule has 0 saturated carbocycles. The van der Waals surface area contributed by atoms with E-state index in [0.29, 0.717) is 5.36 Å². The van der Waals surface area contributed by atoms with Crippen LogP contribution in [0.4, 0.5) is 0 Å². The summed E-state index contributed by atoms with van der Waals surface area (Å²) in [6.07, 6.45) is 3.00. The van der Waals surface area contributed by atoms with Crippen molar-refractivity contribution in [2.24, 2.45) is 10.9 Å². The van der Waals surface area contributed by atoms with Gasteiger partial charge in [-0.05, 0) is 18.6 Å². The van der Waals surface area contributed by atoms with Gasteiger partial charge in [0.05, 0.1) is 5.36 Å². The number of aromatic nitrogens is 1. The van der Waals surface area contributed by atoms with Crippen LogP contribution in [0.1, 0.15) is 5.56 Å². The highest BCUT2D eigenvalue weighted by molar-refractivity contribution is 5.05. The predicted octanol–water partition coefficient (Wildman–Crippen LogP) is -0.192. The summed E-state index contributed by atoms with van der Waals surface area (Å²) < 4.78 is 0.962. The Labute approximate surface area is 58.2 Å². The summed E-state index contributed by atoms with van der Waals surface area (Å²) in [6, 6.07) is 1.63. The molecule has 1 aromatic rings. The molecule has 0 aliphatic carbocycles. The first-order valence-electron chi connectivity index (χ1n) is 2.86. The molecule has 0 saturated heterocycles. The van der Waals surface area contributed by atoms with Gasteiger partial charge in [-0.1, -0.05) is 0 Å². The van der Waals surface area contributed by atoms with Crippen LogP contribution in [0.25, 0.3) is 0 Å². The van der Waals surface area contributed by atoms with Crippen molar-refractivity contribution in [1.29, 1.82) is 0 Å². The van der Waals surface area contributed by atoms with Crippen LogP contribution in [-0.2, 0) is 0 Å². The quantitative estimate of drug-likeness (QED) is 0.297. The minimum Gasteiger partial charge on any atom is -0.429 e. The van der Waals surface area contributed by atoms with Gasteiger partial charge in [-0.2, -0.15) is 5.10 Å². The first-order chi connectivity index (χ1) is 4.74. The van der Waals surface area contributed by atoms with E-state index in [9.17, 15) is 0 Å². The third-order valence-corrected chi connectivity index (χ3v) is 1.25. The van der Waals surface area contributed by atoms with E-state index in [1.165, 1.54) is 12.4 Å². The fraction of sp³-hybridized carbons (Fsp3) is 0.167. The normalized spacial score (nSPS) is 11.9. The zero-order valence-electron chi connectivity index (χ0n) is 5.65. The van der Waals surface area contributed by atoms with E-state index in [2.05, 4.69) is 5.10 Å². The van der Waals surface area contributed by atoms with Crippen LogP contribution in [0, 0.1) is 6.92 Å². The number of rotatable bonds is 0. The van der Waals surface area contributed by atoms with Crippen LogP contribution in [-0.4, -0.2) is 9.94 Å². The largest absolute Gasteiger partial charge is 0.429 e. The molecule has 0 spiro atoms. The second-order valence-corrected chi connectivity index (χ2v) is 2.02. The highest BCUT2D eigenvalue weighted by Gasteiger charge is 1.88. The van der Waals surface area contributed by atoms with Gasteiger partial charge < -0.3 is 11.0 Å². The maximum Gasteiger partial charge on any atom is 0.0887 e. The maximum absolute atomic E-state index is 8.87. The summed E-state index contributed by atoms with van der Waals surface area (Å²) in [5.74, 6) is 5.03. The first kappa shape index (κ1) is 6.67. The Hall–Kier alpha value is -1.45. The van der Waals surface area contributed by atoms with Gasteiger partial charge in [0.2, 0.25) is 0 Å². The smallest absolute Gasteiger partial charge is 0.0887 e. The summed E-state index contributed by atoms with van der Waals surface area (Å²) in [6.45, 7) is 1.82. The van der Waals surface area contributed by atoms with E-state index < -0.39 is 0 Å². The summed E-state index contributed by atoms with van der Waals surface area (Å²) in [5, 5.41) is 13.0. The number of aryl methyl sites for hydroxylation is 1. The molecule has 0 unspecified atom stereocenters. The third-order valence-electron chi connectivity index (χ3n) is 1.25. The molecule has 54 valence electrons. The Morgan fingerprint density at radius 2 is 2.40 bits per heavy atom. The van der Waals surface area contributed by atoms with Gasteiger partial charge in [-0.25, -0.2) is 4.73 Å². The zero-order chi connectivity index (χ0) is 7.56. The van der Waals surface area contributed by atoms with Crippen molar-refractivity contribution >= 4 is 0 Å². The van der Waals surface area contributed by atoms with Gasteiger partial charge in [0.1, 0.15) is 0 Å². The van der Waals surface area contributed by atoms with Crippen molar-refractivity contribution in [1.82, 2.24) is 4.73 Å². The van der Waals surface area contributed by atoms with E-state index in [1.807, 2.05) is 6.92 Å². The van der Waals surface area contributed by atoms with Crippen LogP contribution in [0.2, 0.25) is 0 Å². The highest BCUT2D eigenvalue weighted by atomic mass is 16.5. The van der Waals surface area contributed by atoms with Gasteiger partial charge in [0.25, 0.3) is 0 Å². The molecule has 10 heavy (non-hydrogen) atoms. The molecule has 1 rings (SSSR count). The van der Waals surface area contributed by atoms with E-state index in [-0.39, 0.29) is 0 Å². The van der Waals surface area contributed by atoms with Crippen LogP contribution >= 0.6 is 0 Å². The zero-order valence-corrected chi connectivity index (χ0v) is 5.65. The minimum absolute atomic E-state index is 0.685. The van der Waals surface area contributed by atoms with Crippen LogP contribution in [0.3, 0.4) is 0 Å². The highest BCUT2D eigenvalue weighted by Crippen LogP contribution is 1.84. The predicted molar refractivity (Wildman–Crippen MR) is 36.1 cm³/mol. The van der Waals surface area contributed by atoms with Gasteiger partial charge in [-0.15, -0.1) is 0 Å². The van der Waals surface area contributed by atoms with Gasteiger partial charge in [0, 0.05) is 12.4 Å². The lowest BCUT2D eigenvalue weighted by Gasteiger charge is -1.96. The Morgan fingerprint density at radius 3 is 2.90 bits per heavy atom. The van der Waals surface area contributed by atoms with Crippen molar-refractivity contribution in [2.45, 2.75) is 6.92 Å². The molecule has 1 heterocycles. The lowest BCUT2D eigenvalue weighted by Crippen LogP contribution is -2.11. The van der Waals surface area contributed by atoms with Crippen LogP contribution < -0.4 is 11.2 Å². The molecule has 0 aromatic carbocycles. The first-order valence-corrected chi connectivity index (χ1v) is 2.86. The molecular weight excluding hydrogens is 130 g/mol. The lowest BCUT2D eigenvalue weighted by atomic mass is 10.3. The number of hydrogen-bond acceptors (Lipinski definition) is 3. The third kappa shape index (κ3) is 1.10. The molecule has 1 aromatic heterocycles. The number of pyridine rings is 1. The fourth-order valence-electron chi connectivity index (χ4n) is 0.731. The molecular formula is C6H9N3O. The number of nitrogens with zero attached hydrogens (tertiary/aromatic N) is 2. The molecule has 0 aliphatic rings. The standard InChI is InChI=1S/C6H9N3O/c1-5-4-9(10)3-2-6(5)8-7/h2-4,10H,7H2,1H3/b8-6+. The molecule has 0 amide bonds. The Balaban J connectivity index is 3.34. The summed E-state index contributed by atoms with van der Waals surface area (Å²) in [5.41, 5.74) is 0.840. The van der Waals surface area contributed by atoms with Crippen molar-refractivity contribution in [3.05, 3.63) is 29.4 Å². The van der Waals surface area contributed by atoms with E-state index in [1.54, 1.807) is 6.07 Å². The van der Waals surface area contributed by atoms with E-state index in [4.69, 9.17) is 11.0 Å². The Bertz CT molecular complexity index is 289. The van der Waals surface area contributed by atoms with Crippen LogP contribution in [0.15, 0.2) is 23.6 Å². The average molecular weight is 139 g/mol. The van der Waals surface area contributed by atoms with E-state index >= 15 is 0 Å². The van der Waals surface area contributed by atoms with Crippen molar-refractivity contribution in [3.8, 4) is 0 Å². The van der Waals surface area contributed by atoms with Gasteiger partial charge in [0.15, 0.2) is 0 Å². The molecule has 0 radical (unpaired) electrons. The van der Waals surface area contributed by atoms with Crippen molar-refractivity contribution in [2.75, 3.05) is 0 Å². The lowest BCUT2D eigenvalue weighted by molar-refractivity contribution is 0.183. The minimum atomic E-state index is 0.685. The molecule has 0 fully saturated rings. The summed E-state index contributed by atoms with van der Waals surface area (Å²) in [4.78, 5) is 0. The second kappa shape index (κ2) is 2.43. The molecule has 0 bridgehead atoms. The second-order valence-electron chi connectivity index (χ2n) is 2.02. The Morgan fingerprint density at radius 1 is 1.70 bits per heavy atom. The van der Waals surface area contributed by atoms with Crippen molar-refractivity contribution < 1.29 is 5.21 Å². The van der Waals surface area contributed by atoms with Crippen LogP contribution in [0.5, 0.6) is 0 Å². The number of hydrogen-bond donors (Lipinski definition) is 2. The van der Waals surface area contributed by atoms with Gasteiger partial charge in [-0.3, -0.25) is 0 Å². The fourth-order valence-corrected chi connectivity index (χ4v) is 0.731. The Kier molecular flexibility index (Phi) is 1.62. The molecule has 4 nitrogen and oxygen atoms in total. The maximum atomic E-state index is 8.87. The number of nitrogens with two attached hydrogens (primary N) is 1. The molecule has 3 N–H and O–H groups in total. The SMILES string of the molecule is Cc1cn(O)cc/c1=N\N. The topological polar surface area (TPSA) is 63.5 Å². The van der Waals surface area contributed by atoms with Crippen molar-refractivity contribution in [3.63, 3.8) is 0 Å². The average Bonchev–Trinajstić information content (AvgIpc) is 1.88. The van der Waals surface area contributed by atoms with E-state index in [0.717, 1.165) is 10.3 Å². The molecule has 0 aliphatic heterocycles. The summed E-state index contributed by atoms with van der Waals surface area (Å²) >= 11 is 0. The summed E-state index contributed by atoms with van der Waals surface area (Å²) in [7, 11) is 0. The molecule has 4 heteroatoms. The van der Waals surface area contributed by atoms with Gasteiger partial charge >= 0.3 is 0 Å².